The molecule has 108 valence electrons. The first-order valence-electron chi connectivity index (χ1n) is 6.76. The SMILES string of the molecule is CC(C)(C)CCS(=O)(=O)NCC1(CO)CCCC1. The largest absolute Gasteiger partial charge is 0.396 e. The van der Waals surface area contributed by atoms with Crippen molar-refractivity contribution >= 4 is 10.0 Å². The maximum atomic E-state index is 11.9. The second-order valence-corrected chi connectivity index (χ2v) is 8.74. The summed E-state index contributed by atoms with van der Waals surface area (Å²) < 4.78 is 26.5. The molecule has 18 heavy (non-hydrogen) atoms. The summed E-state index contributed by atoms with van der Waals surface area (Å²) in [4.78, 5) is 0. The van der Waals surface area contributed by atoms with Crippen LogP contribution < -0.4 is 4.72 Å². The van der Waals surface area contributed by atoms with Crippen molar-refractivity contribution in [2.45, 2.75) is 52.9 Å². The molecule has 0 aromatic heterocycles. The third-order valence-electron chi connectivity index (χ3n) is 3.79. The average Bonchev–Trinajstić information content (AvgIpc) is 2.73. The molecule has 0 bridgehead atoms. The number of hydrogen-bond acceptors (Lipinski definition) is 3. The van der Waals surface area contributed by atoms with Crippen LogP contribution in [0.25, 0.3) is 0 Å². The number of hydrogen-bond donors (Lipinski definition) is 2. The van der Waals surface area contributed by atoms with Gasteiger partial charge in [-0.25, -0.2) is 13.1 Å². The van der Waals surface area contributed by atoms with Crippen LogP contribution in [0, 0.1) is 10.8 Å². The molecule has 0 spiro atoms. The van der Waals surface area contributed by atoms with Gasteiger partial charge < -0.3 is 5.11 Å². The van der Waals surface area contributed by atoms with E-state index in [2.05, 4.69) is 4.72 Å². The molecule has 0 amide bonds. The Kier molecular flexibility index (Phi) is 5.21. The first-order chi connectivity index (χ1) is 8.18. The van der Waals surface area contributed by atoms with Crippen molar-refractivity contribution in [3.05, 3.63) is 0 Å². The predicted molar refractivity (Wildman–Crippen MR) is 73.8 cm³/mol. The van der Waals surface area contributed by atoms with E-state index < -0.39 is 10.0 Å². The Morgan fingerprint density at radius 2 is 1.78 bits per heavy atom. The lowest BCUT2D eigenvalue weighted by Gasteiger charge is -2.27. The molecule has 0 atom stereocenters. The van der Waals surface area contributed by atoms with Crippen LogP contribution in [0.5, 0.6) is 0 Å². The molecule has 0 saturated heterocycles. The van der Waals surface area contributed by atoms with E-state index in [1.807, 2.05) is 20.8 Å². The Balaban J connectivity index is 2.46. The van der Waals surface area contributed by atoms with E-state index >= 15 is 0 Å². The molecule has 4 nitrogen and oxygen atoms in total. The van der Waals surface area contributed by atoms with Crippen LogP contribution in [0.2, 0.25) is 0 Å². The van der Waals surface area contributed by atoms with Gasteiger partial charge in [0, 0.05) is 18.6 Å². The molecule has 0 aromatic carbocycles. The minimum absolute atomic E-state index is 0.0246. The molecule has 5 heteroatoms. The van der Waals surface area contributed by atoms with E-state index in [0.717, 1.165) is 25.7 Å². The third kappa shape index (κ3) is 5.24. The van der Waals surface area contributed by atoms with Crippen LogP contribution in [0.4, 0.5) is 0 Å². The van der Waals surface area contributed by atoms with Gasteiger partial charge in [-0.2, -0.15) is 0 Å². The van der Waals surface area contributed by atoms with Gasteiger partial charge in [0.2, 0.25) is 10.0 Å². The molecule has 0 aliphatic heterocycles. The summed E-state index contributed by atoms with van der Waals surface area (Å²) in [5.74, 6) is 0.165. The van der Waals surface area contributed by atoms with E-state index in [9.17, 15) is 13.5 Å². The van der Waals surface area contributed by atoms with Crippen molar-refractivity contribution in [1.82, 2.24) is 4.72 Å². The van der Waals surface area contributed by atoms with Crippen LogP contribution in [-0.4, -0.2) is 32.4 Å². The van der Waals surface area contributed by atoms with Gasteiger partial charge in [0.25, 0.3) is 0 Å². The maximum absolute atomic E-state index is 11.9. The molecule has 1 aliphatic rings. The summed E-state index contributed by atoms with van der Waals surface area (Å²) >= 11 is 0. The highest BCUT2D eigenvalue weighted by molar-refractivity contribution is 7.89. The van der Waals surface area contributed by atoms with E-state index in [4.69, 9.17) is 0 Å². The summed E-state index contributed by atoms with van der Waals surface area (Å²) in [7, 11) is -3.21. The van der Waals surface area contributed by atoms with E-state index in [0.29, 0.717) is 13.0 Å². The highest BCUT2D eigenvalue weighted by atomic mass is 32.2. The summed E-state index contributed by atoms with van der Waals surface area (Å²) in [6.07, 6.45) is 4.67. The Labute approximate surface area is 111 Å². The molecule has 0 radical (unpaired) electrons. The first kappa shape index (κ1) is 15.9. The van der Waals surface area contributed by atoms with Gasteiger partial charge in [0.15, 0.2) is 0 Å². The van der Waals surface area contributed by atoms with E-state index in [1.54, 1.807) is 0 Å². The molecule has 0 unspecified atom stereocenters. The smallest absolute Gasteiger partial charge is 0.211 e. The number of rotatable bonds is 6. The van der Waals surface area contributed by atoms with Gasteiger partial charge in [0.05, 0.1) is 5.75 Å². The van der Waals surface area contributed by atoms with Crippen molar-refractivity contribution < 1.29 is 13.5 Å². The second kappa shape index (κ2) is 5.88. The molecule has 1 aliphatic carbocycles. The normalized spacial score (nSPS) is 20.2. The highest BCUT2D eigenvalue weighted by Gasteiger charge is 2.34. The summed E-state index contributed by atoms with van der Waals surface area (Å²) in [5, 5.41) is 9.44. The highest BCUT2D eigenvalue weighted by Crippen LogP contribution is 2.37. The summed E-state index contributed by atoms with van der Waals surface area (Å²) in [6.45, 7) is 6.57. The third-order valence-corrected chi connectivity index (χ3v) is 5.11. The van der Waals surface area contributed by atoms with E-state index in [-0.39, 0.29) is 23.2 Å². The minimum Gasteiger partial charge on any atom is -0.396 e. The van der Waals surface area contributed by atoms with Gasteiger partial charge in [-0.05, 0) is 24.7 Å². The first-order valence-corrected chi connectivity index (χ1v) is 8.42. The Morgan fingerprint density at radius 1 is 1.22 bits per heavy atom. The number of aliphatic hydroxyl groups excluding tert-OH is 1. The zero-order valence-electron chi connectivity index (χ0n) is 11.8. The van der Waals surface area contributed by atoms with Gasteiger partial charge >= 0.3 is 0 Å². The summed E-state index contributed by atoms with van der Waals surface area (Å²) in [6, 6.07) is 0. The van der Waals surface area contributed by atoms with Crippen molar-refractivity contribution in [3.63, 3.8) is 0 Å². The molecule has 1 rings (SSSR count). The van der Waals surface area contributed by atoms with Gasteiger partial charge in [0.1, 0.15) is 0 Å². The van der Waals surface area contributed by atoms with Crippen LogP contribution in [0.1, 0.15) is 52.9 Å². The van der Waals surface area contributed by atoms with Crippen molar-refractivity contribution in [2.24, 2.45) is 10.8 Å². The van der Waals surface area contributed by atoms with Gasteiger partial charge in [-0.3, -0.25) is 0 Å². The Morgan fingerprint density at radius 3 is 2.22 bits per heavy atom. The number of nitrogens with one attached hydrogen (secondary N) is 1. The fourth-order valence-electron chi connectivity index (χ4n) is 2.29. The predicted octanol–water partition coefficient (Wildman–Crippen LogP) is 1.89. The quantitative estimate of drug-likeness (QED) is 0.779. The fourth-order valence-corrected chi connectivity index (χ4v) is 3.84. The zero-order valence-corrected chi connectivity index (χ0v) is 12.6. The molecular weight excluding hydrogens is 250 g/mol. The topological polar surface area (TPSA) is 66.4 Å². The molecular formula is C13H27NO3S. The minimum atomic E-state index is -3.21. The summed E-state index contributed by atoms with van der Waals surface area (Å²) in [5.41, 5.74) is -0.189. The molecule has 0 heterocycles. The monoisotopic (exact) mass is 277 g/mol. The lowest BCUT2D eigenvalue weighted by molar-refractivity contribution is 0.134. The Bertz CT molecular complexity index is 351. The molecule has 1 fully saturated rings. The van der Waals surface area contributed by atoms with Crippen LogP contribution in [0.15, 0.2) is 0 Å². The molecule has 0 aromatic rings. The van der Waals surface area contributed by atoms with Crippen molar-refractivity contribution in [3.8, 4) is 0 Å². The maximum Gasteiger partial charge on any atom is 0.211 e. The number of sulfonamides is 1. The standard InChI is InChI=1S/C13H27NO3S/c1-12(2,3)8-9-18(16,17)14-10-13(11-15)6-4-5-7-13/h14-15H,4-11H2,1-3H3. The average molecular weight is 277 g/mol. The van der Waals surface area contributed by atoms with Crippen LogP contribution >= 0.6 is 0 Å². The van der Waals surface area contributed by atoms with Crippen LogP contribution in [-0.2, 0) is 10.0 Å². The van der Waals surface area contributed by atoms with Gasteiger partial charge in [-0.15, -0.1) is 0 Å². The van der Waals surface area contributed by atoms with Crippen molar-refractivity contribution in [2.75, 3.05) is 18.9 Å². The lowest BCUT2D eigenvalue weighted by atomic mass is 9.88. The van der Waals surface area contributed by atoms with Crippen molar-refractivity contribution in [1.29, 1.82) is 0 Å². The molecule has 1 saturated carbocycles. The van der Waals surface area contributed by atoms with Crippen LogP contribution in [0.3, 0.4) is 0 Å². The zero-order chi connectivity index (χ0) is 13.9. The second-order valence-electron chi connectivity index (χ2n) is 6.82. The molecule has 2 N–H and O–H groups in total. The number of aliphatic hydroxyl groups is 1. The lowest BCUT2D eigenvalue weighted by Crippen LogP contribution is -2.39. The van der Waals surface area contributed by atoms with Gasteiger partial charge in [-0.1, -0.05) is 33.6 Å². The van der Waals surface area contributed by atoms with E-state index in [1.165, 1.54) is 0 Å². The Hall–Kier alpha value is -0.130. The fraction of sp³-hybridized carbons (Fsp3) is 1.00.